The number of thioether (sulfide) groups is 1. The Morgan fingerprint density at radius 1 is 0.743 bits per heavy atom. The van der Waals surface area contributed by atoms with Crippen molar-refractivity contribution in [2.24, 2.45) is 0 Å². The lowest BCUT2D eigenvalue weighted by Gasteiger charge is -2.46. The SMILES string of the molecule is CCCCCCCCCCCCCCCCS[C@@H]1O[C@@H]2COC(c3ccccc3)O[C@H]2[C@H](O)[C@H]1O. The zero-order chi connectivity index (χ0) is 24.7. The standard InChI is InChI=1S/C29H48O5S/c1-2-3-4-5-6-7-8-9-10-11-12-13-14-18-21-35-29-26(31)25(30)27-24(33-29)22-32-28(34-27)23-19-16-15-17-20-23/h15-17,19-20,24-31H,2-14,18,21-22H2,1H3/t24-,25-,26-,27-,28?,29+/m1/s1. The summed E-state index contributed by atoms with van der Waals surface area (Å²) in [6, 6.07) is 9.68. The van der Waals surface area contributed by atoms with E-state index in [2.05, 4.69) is 6.92 Å². The number of aliphatic hydroxyl groups excluding tert-OH is 2. The van der Waals surface area contributed by atoms with Gasteiger partial charge in [-0.25, -0.2) is 0 Å². The van der Waals surface area contributed by atoms with Crippen LogP contribution in [0, 0.1) is 0 Å². The molecular formula is C29H48O5S. The molecule has 6 heteroatoms. The fraction of sp³-hybridized carbons (Fsp3) is 0.793. The molecule has 0 amide bonds. The minimum absolute atomic E-state index is 0.351. The number of rotatable bonds is 17. The summed E-state index contributed by atoms with van der Waals surface area (Å²) in [6.45, 7) is 2.63. The normalized spacial score (nSPS) is 28.7. The Hall–Kier alpha value is -0.630. The molecule has 5 nitrogen and oxygen atoms in total. The lowest BCUT2D eigenvalue weighted by Crippen LogP contribution is -2.60. The van der Waals surface area contributed by atoms with E-state index in [1.54, 1.807) is 11.8 Å². The van der Waals surface area contributed by atoms with Crippen molar-refractivity contribution in [3.05, 3.63) is 35.9 Å². The van der Waals surface area contributed by atoms with Crippen molar-refractivity contribution >= 4 is 11.8 Å². The van der Waals surface area contributed by atoms with E-state index >= 15 is 0 Å². The van der Waals surface area contributed by atoms with Crippen LogP contribution in [0.2, 0.25) is 0 Å². The average Bonchev–Trinajstić information content (AvgIpc) is 2.89. The quantitative estimate of drug-likeness (QED) is 0.227. The van der Waals surface area contributed by atoms with E-state index in [9.17, 15) is 10.2 Å². The van der Waals surface area contributed by atoms with E-state index < -0.39 is 30.0 Å². The summed E-state index contributed by atoms with van der Waals surface area (Å²) in [6.07, 6.45) is 15.5. The van der Waals surface area contributed by atoms with Crippen LogP contribution in [-0.2, 0) is 14.2 Å². The first-order chi connectivity index (χ1) is 17.2. The third-order valence-electron chi connectivity index (χ3n) is 7.19. The molecule has 2 N–H and O–H groups in total. The Morgan fingerprint density at radius 2 is 1.31 bits per heavy atom. The van der Waals surface area contributed by atoms with E-state index in [-0.39, 0.29) is 6.10 Å². The van der Waals surface area contributed by atoms with Crippen LogP contribution < -0.4 is 0 Å². The number of benzene rings is 1. The van der Waals surface area contributed by atoms with Crippen LogP contribution >= 0.6 is 11.8 Å². The van der Waals surface area contributed by atoms with Crippen molar-refractivity contribution in [2.75, 3.05) is 12.4 Å². The monoisotopic (exact) mass is 508 g/mol. The Labute approximate surface area is 217 Å². The van der Waals surface area contributed by atoms with Gasteiger partial charge in [-0.15, -0.1) is 11.8 Å². The van der Waals surface area contributed by atoms with Gasteiger partial charge in [-0.3, -0.25) is 0 Å². The summed E-state index contributed by atoms with van der Waals surface area (Å²) in [4.78, 5) is 0. The fourth-order valence-electron chi connectivity index (χ4n) is 4.99. The van der Waals surface area contributed by atoms with Crippen LogP contribution in [0.5, 0.6) is 0 Å². The molecule has 0 aromatic heterocycles. The zero-order valence-electron chi connectivity index (χ0n) is 21.7. The second-order valence-corrected chi connectivity index (χ2v) is 11.4. The van der Waals surface area contributed by atoms with Gasteiger partial charge in [0, 0.05) is 5.56 Å². The summed E-state index contributed by atoms with van der Waals surface area (Å²) in [5, 5.41) is 21.3. The van der Waals surface area contributed by atoms with Crippen molar-refractivity contribution in [3.63, 3.8) is 0 Å². The van der Waals surface area contributed by atoms with Gasteiger partial charge < -0.3 is 24.4 Å². The van der Waals surface area contributed by atoms with E-state index in [0.29, 0.717) is 6.61 Å². The van der Waals surface area contributed by atoms with Crippen molar-refractivity contribution in [1.82, 2.24) is 0 Å². The summed E-state index contributed by atoms with van der Waals surface area (Å²) >= 11 is 1.60. The van der Waals surface area contributed by atoms with Crippen molar-refractivity contribution in [1.29, 1.82) is 0 Å². The molecule has 2 heterocycles. The molecule has 2 saturated heterocycles. The predicted octanol–water partition coefficient (Wildman–Crippen LogP) is 6.76. The Bertz CT molecular complexity index is 658. The van der Waals surface area contributed by atoms with Crippen LogP contribution in [0.3, 0.4) is 0 Å². The average molecular weight is 509 g/mol. The van der Waals surface area contributed by atoms with Gasteiger partial charge >= 0.3 is 0 Å². The molecule has 200 valence electrons. The molecule has 1 unspecified atom stereocenters. The van der Waals surface area contributed by atoms with E-state index in [4.69, 9.17) is 14.2 Å². The highest BCUT2D eigenvalue weighted by molar-refractivity contribution is 7.99. The van der Waals surface area contributed by atoms with Gasteiger partial charge in [-0.05, 0) is 12.2 Å². The molecule has 0 aliphatic carbocycles. The number of fused-ring (bicyclic) bond motifs is 1. The summed E-state index contributed by atoms with van der Waals surface area (Å²) in [7, 11) is 0. The highest BCUT2D eigenvalue weighted by Gasteiger charge is 2.48. The molecule has 3 rings (SSSR count). The number of aliphatic hydroxyl groups is 2. The van der Waals surface area contributed by atoms with Gasteiger partial charge in [0.1, 0.15) is 29.9 Å². The van der Waals surface area contributed by atoms with Crippen LogP contribution in [0.25, 0.3) is 0 Å². The van der Waals surface area contributed by atoms with Gasteiger partial charge in [-0.1, -0.05) is 121 Å². The maximum Gasteiger partial charge on any atom is 0.184 e. The molecule has 1 aromatic rings. The lowest BCUT2D eigenvalue weighted by molar-refractivity contribution is -0.318. The molecule has 0 spiro atoms. The molecule has 0 bridgehead atoms. The van der Waals surface area contributed by atoms with E-state index in [1.807, 2.05) is 30.3 Å². The van der Waals surface area contributed by atoms with Crippen LogP contribution in [-0.4, -0.2) is 52.4 Å². The smallest absolute Gasteiger partial charge is 0.184 e. The minimum Gasteiger partial charge on any atom is -0.387 e. The molecule has 2 aliphatic heterocycles. The van der Waals surface area contributed by atoms with Crippen LogP contribution in [0.15, 0.2) is 30.3 Å². The van der Waals surface area contributed by atoms with E-state index in [1.165, 1.54) is 83.5 Å². The minimum atomic E-state index is -0.974. The first-order valence-electron chi connectivity index (χ1n) is 14.2. The Balaban J connectivity index is 1.20. The molecule has 6 atom stereocenters. The molecular weight excluding hydrogens is 460 g/mol. The summed E-state index contributed by atoms with van der Waals surface area (Å²) < 4.78 is 17.9. The maximum absolute atomic E-state index is 10.7. The highest BCUT2D eigenvalue weighted by Crippen LogP contribution is 2.37. The van der Waals surface area contributed by atoms with Gasteiger partial charge in [0.05, 0.1) is 6.61 Å². The van der Waals surface area contributed by atoms with Gasteiger partial charge in [0.15, 0.2) is 6.29 Å². The molecule has 2 fully saturated rings. The number of hydrogen-bond donors (Lipinski definition) is 2. The number of hydrogen-bond acceptors (Lipinski definition) is 6. The first kappa shape index (κ1) is 28.9. The third-order valence-corrected chi connectivity index (χ3v) is 8.43. The summed E-state index contributed by atoms with van der Waals surface area (Å²) in [5.41, 5.74) is 0.468. The molecule has 0 radical (unpaired) electrons. The van der Waals surface area contributed by atoms with Crippen molar-refractivity contribution in [3.8, 4) is 0 Å². The highest BCUT2D eigenvalue weighted by atomic mass is 32.2. The first-order valence-corrected chi connectivity index (χ1v) is 15.2. The number of unbranched alkanes of at least 4 members (excludes halogenated alkanes) is 13. The molecule has 1 aromatic carbocycles. The number of ether oxygens (including phenoxy) is 3. The lowest BCUT2D eigenvalue weighted by atomic mass is 9.99. The summed E-state index contributed by atoms with van der Waals surface area (Å²) in [5.74, 6) is 0.929. The second-order valence-electron chi connectivity index (χ2n) is 10.2. The largest absolute Gasteiger partial charge is 0.387 e. The van der Waals surface area contributed by atoms with Gasteiger partial charge in [-0.2, -0.15) is 0 Å². The van der Waals surface area contributed by atoms with Gasteiger partial charge in [0.2, 0.25) is 0 Å². The molecule has 35 heavy (non-hydrogen) atoms. The Morgan fingerprint density at radius 3 is 1.91 bits per heavy atom. The maximum atomic E-state index is 10.7. The third kappa shape index (κ3) is 9.98. The molecule has 2 aliphatic rings. The predicted molar refractivity (Wildman–Crippen MR) is 143 cm³/mol. The second kappa shape index (κ2) is 17.0. The Kier molecular flexibility index (Phi) is 14.0. The zero-order valence-corrected chi connectivity index (χ0v) is 22.5. The topological polar surface area (TPSA) is 68.2 Å². The van der Waals surface area contributed by atoms with Crippen molar-refractivity contribution in [2.45, 2.75) is 133 Å². The van der Waals surface area contributed by atoms with Gasteiger partial charge in [0.25, 0.3) is 0 Å². The van der Waals surface area contributed by atoms with Crippen molar-refractivity contribution < 1.29 is 24.4 Å². The fourth-order valence-corrected chi connectivity index (χ4v) is 6.17. The van der Waals surface area contributed by atoms with E-state index in [0.717, 1.165) is 17.7 Å². The molecule has 0 saturated carbocycles. The van der Waals surface area contributed by atoms with Crippen LogP contribution in [0.1, 0.15) is 109 Å². The van der Waals surface area contributed by atoms with Crippen LogP contribution in [0.4, 0.5) is 0 Å².